The van der Waals surface area contributed by atoms with Crippen LogP contribution in [0.25, 0.3) is 82.4 Å². The first-order valence-corrected chi connectivity index (χ1v) is 24.3. The van der Waals surface area contributed by atoms with E-state index in [1.807, 2.05) is 146 Å². The Kier molecular flexibility index (Phi) is 7.98. The van der Waals surface area contributed by atoms with Gasteiger partial charge in [-0.05, 0) is 83.4 Å². The summed E-state index contributed by atoms with van der Waals surface area (Å²) in [5, 5.41) is 5.14. The Labute approximate surface area is 426 Å². The van der Waals surface area contributed by atoms with Crippen LogP contribution in [0.5, 0.6) is 11.5 Å². The number of ether oxygens (including phenoxy) is 1. The molecule has 72 heavy (non-hydrogen) atoms. The maximum Gasteiger partial charge on any atom is 0.137 e. The molecule has 14 rings (SSSR count). The number of nitrogens with zero attached hydrogens (tertiary/aromatic N) is 6. The number of hydrogen-bond donors (Lipinski definition) is 0. The highest BCUT2D eigenvalue weighted by Gasteiger charge is 2.35. The lowest BCUT2D eigenvalue weighted by atomic mass is 9.78. The van der Waals surface area contributed by atoms with Crippen molar-refractivity contribution in [3.05, 3.63) is 230 Å². The molecule has 0 atom stereocenters. The highest BCUT2D eigenvalue weighted by molar-refractivity contribution is 6.33. The largest absolute Gasteiger partial charge is 0.457 e. The summed E-state index contributed by atoms with van der Waals surface area (Å²) in [5.74, 6) is 2.06. The van der Waals surface area contributed by atoms with Crippen LogP contribution in [0.3, 0.4) is 0 Å². The van der Waals surface area contributed by atoms with E-state index in [2.05, 4.69) is 101 Å². The zero-order valence-electron chi connectivity index (χ0n) is 45.6. The zero-order chi connectivity index (χ0) is 53.2. The van der Waals surface area contributed by atoms with E-state index in [0.29, 0.717) is 39.3 Å². The molecule has 7 nitrogen and oxygen atoms in total. The number of hydrogen-bond acceptors (Lipinski definition) is 4. The lowest BCUT2D eigenvalue weighted by molar-refractivity contribution is 0.483. The van der Waals surface area contributed by atoms with Crippen molar-refractivity contribution in [2.75, 3.05) is 16.5 Å². The molecule has 4 aromatic heterocycles. The average Bonchev–Trinajstić information content (AvgIpc) is 3.89. The molecule has 0 aliphatic carbocycles. The third-order valence-corrected chi connectivity index (χ3v) is 15.0. The summed E-state index contributed by atoms with van der Waals surface area (Å²) in [5.41, 5.74) is 10.5. The minimum atomic E-state index is -2.67. The van der Waals surface area contributed by atoms with Crippen molar-refractivity contribution in [1.82, 2.24) is 18.7 Å². The molecule has 0 saturated carbocycles. The molecule has 0 fully saturated rings. The van der Waals surface area contributed by atoms with E-state index >= 15 is 0 Å². The fourth-order valence-electron chi connectivity index (χ4n) is 11.5. The van der Waals surface area contributed by atoms with Crippen molar-refractivity contribution in [3.63, 3.8) is 0 Å². The van der Waals surface area contributed by atoms with E-state index in [9.17, 15) is 8.22 Å². The molecule has 5 heterocycles. The van der Waals surface area contributed by atoms with E-state index in [4.69, 9.17) is 9.72 Å². The Morgan fingerprint density at radius 1 is 0.486 bits per heavy atom. The molecule has 7 heteroatoms. The second-order valence-electron chi connectivity index (χ2n) is 19.3. The van der Waals surface area contributed by atoms with Crippen molar-refractivity contribution in [3.8, 4) is 28.4 Å². The van der Waals surface area contributed by atoms with Crippen LogP contribution in [-0.2, 0) is 19.4 Å². The fraction of sp³-hybridized carbons (Fsp3) is 0.0923. The van der Waals surface area contributed by atoms with Crippen molar-refractivity contribution in [2.45, 2.75) is 19.3 Å². The number of para-hydroxylation sites is 5. The van der Waals surface area contributed by atoms with Crippen LogP contribution in [0.2, 0.25) is 0 Å². The van der Waals surface area contributed by atoms with Crippen LogP contribution >= 0.6 is 0 Å². The van der Waals surface area contributed by atoms with Gasteiger partial charge in [0.15, 0.2) is 0 Å². The van der Waals surface area contributed by atoms with E-state index in [1.54, 1.807) is 0 Å². The van der Waals surface area contributed by atoms with Gasteiger partial charge in [-0.25, -0.2) is 4.98 Å². The summed E-state index contributed by atoms with van der Waals surface area (Å²) in [6, 6.07) is 70.5. The molecule has 0 unspecified atom stereocenters. The first kappa shape index (κ1) is 36.0. The van der Waals surface area contributed by atoms with Crippen LogP contribution < -0.4 is 14.5 Å². The van der Waals surface area contributed by atoms with Gasteiger partial charge in [0.05, 0.1) is 39.1 Å². The van der Waals surface area contributed by atoms with Gasteiger partial charge in [0.1, 0.15) is 24.0 Å². The molecular formula is C65H50N6O. The lowest BCUT2D eigenvalue weighted by Gasteiger charge is -2.26. The van der Waals surface area contributed by atoms with Crippen LogP contribution in [0, 0.1) is 0 Å². The Hall–Kier alpha value is -9.07. The molecule has 0 saturated heterocycles. The van der Waals surface area contributed by atoms with Gasteiger partial charge in [0.25, 0.3) is 0 Å². The molecule has 0 N–H and O–H groups in total. The van der Waals surface area contributed by atoms with E-state index < -0.39 is 14.0 Å². The second kappa shape index (κ2) is 16.0. The quantitative estimate of drug-likeness (QED) is 0.152. The van der Waals surface area contributed by atoms with Crippen molar-refractivity contribution < 1.29 is 13.0 Å². The minimum absolute atomic E-state index is 0.210. The monoisotopic (exact) mass is 936 g/mol. The number of rotatable bonds is 8. The van der Waals surface area contributed by atoms with Gasteiger partial charge in [0, 0.05) is 101 Å². The Morgan fingerprint density at radius 3 is 1.76 bits per heavy atom. The topological polar surface area (TPSA) is 43.4 Å². The SMILES string of the molecule is [2H]C([2H])([2H])n1c2ccccc2c2c(-c3ccccc3)c3c4ccccc4n(C([2H])([2H])[2H])c3c(N3CN(c4cccc(Oc5ccc6c7ccccc7n(-c7cc(C(C)(C)c8ccccc8)ccn7)c6c5)c4)c4ccccc43)c21. The van der Waals surface area contributed by atoms with Crippen LogP contribution in [0.15, 0.2) is 219 Å². The number of benzene rings is 9. The number of pyridine rings is 1. The van der Waals surface area contributed by atoms with E-state index in [0.717, 1.165) is 82.9 Å². The summed E-state index contributed by atoms with van der Waals surface area (Å²) in [6.07, 6.45) is 1.89. The van der Waals surface area contributed by atoms with Crippen molar-refractivity contribution in [2.24, 2.45) is 14.0 Å². The van der Waals surface area contributed by atoms with Crippen LogP contribution in [0.1, 0.15) is 33.2 Å². The smallest absolute Gasteiger partial charge is 0.137 e. The highest BCUT2D eigenvalue weighted by Crippen LogP contribution is 2.54. The summed E-state index contributed by atoms with van der Waals surface area (Å²) in [6.45, 7) is -0.644. The molecule has 346 valence electrons. The van der Waals surface area contributed by atoms with E-state index in [-0.39, 0.29) is 12.1 Å². The summed E-state index contributed by atoms with van der Waals surface area (Å²) < 4.78 is 67.4. The molecule has 13 aromatic rings. The second-order valence-corrected chi connectivity index (χ2v) is 19.3. The van der Waals surface area contributed by atoms with Gasteiger partial charge >= 0.3 is 0 Å². The molecule has 0 amide bonds. The number of anilines is 4. The summed E-state index contributed by atoms with van der Waals surface area (Å²) >= 11 is 0. The Bertz CT molecular complexity index is 4430. The molecule has 0 radical (unpaired) electrons. The lowest BCUT2D eigenvalue weighted by Crippen LogP contribution is -2.25. The minimum Gasteiger partial charge on any atom is -0.457 e. The molecule has 0 bridgehead atoms. The third kappa shape index (κ3) is 6.20. The fourth-order valence-corrected chi connectivity index (χ4v) is 11.5. The number of fused-ring (bicyclic) bond motifs is 10. The standard InChI is InChI=1S/C65H50N6O/c1-65(2,43-22-9-6-10-23-43)44-36-37-66-58(38-44)71-54-31-16-11-26-48(54)49-35-34-47(40-57(49)71)72-46-25-19-24-45(39-46)69-41-70(56-33-18-17-32-55(56)69)64-62-60(50-27-12-14-29-52(50)67(62)3)59(42-20-7-5-8-21-42)61-51-28-13-15-30-53(51)68(4)63(61)64/h5-40H,41H2,1-4H3/i3D3,4D3. The molecule has 1 aliphatic heterocycles. The first-order valence-electron chi connectivity index (χ1n) is 27.3. The van der Waals surface area contributed by atoms with Gasteiger partial charge in [0.2, 0.25) is 0 Å². The predicted molar refractivity (Wildman–Crippen MR) is 299 cm³/mol. The maximum absolute atomic E-state index is 9.24. The highest BCUT2D eigenvalue weighted by atomic mass is 16.5. The first-order chi connectivity index (χ1) is 37.8. The van der Waals surface area contributed by atoms with Crippen LogP contribution in [-0.4, -0.2) is 25.4 Å². The maximum atomic E-state index is 9.24. The zero-order valence-corrected chi connectivity index (χ0v) is 39.6. The van der Waals surface area contributed by atoms with Crippen molar-refractivity contribution in [1.29, 1.82) is 0 Å². The average molecular weight is 937 g/mol. The summed E-state index contributed by atoms with van der Waals surface area (Å²) in [4.78, 5) is 9.24. The Balaban J connectivity index is 0.928. The molecule has 0 spiro atoms. The van der Waals surface area contributed by atoms with Gasteiger partial charge in [-0.1, -0.05) is 147 Å². The molecule has 1 aliphatic rings. The van der Waals surface area contributed by atoms with Gasteiger partial charge in [-0.3, -0.25) is 4.57 Å². The van der Waals surface area contributed by atoms with Gasteiger partial charge < -0.3 is 23.7 Å². The van der Waals surface area contributed by atoms with Crippen LogP contribution in [0.4, 0.5) is 22.7 Å². The molecular weight excluding hydrogens is 881 g/mol. The van der Waals surface area contributed by atoms with Gasteiger partial charge in [-0.15, -0.1) is 0 Å². The molecule has 9 aromatic carbocycles. The predicted octanol–water partition coefficient (Wildman–Crippen LogP) is 16.5. The summed E-state index contributed by atoms with van der Waals surface area (Å²) in [7, 11) is 0. The number of aryl methyl sites for hydroxylation is 2. The third-order valence-electron chi connectivity index (χ3n) is 15.0. The normalized spacial score (nSPS) is 14.5. The van der Waals surface area contributed by atoms with E-state index in [1.165, 1.54) is 14.7 Å². The number of aromatic nitrogens is 4. The Morgan fingerprint density at radius 2 is 1.07 bits per heavy atom. The van der Waals surface area contributed by atoms with Crippen molar-refractivity contribution >= 4 is 88.2 Å². The van der Waals surface area contributed by atoms with Gasteiger partial charge in [-0.2, -0.15) is 0 Å².